The van der Waals surface area contributed by atoms with E-state index in [0.717, 1.165) is 24.3 Å². The molecule has 0 aromatic heterocycles. The number of carbonyl (C=O) groups excluding carboxylic acids is 2. The summed E-state index contributed by atoms with van der Waals surface area (Å²) in [6, 6.07) is 25.4. The van der Waals surface area contributed by atoms with E-state index in [2.05, 4.69) is 0 Å². The summed E-state index contributed by atoms with van der Waals surface area (Å²) in [5, 5.41) is 48.6. The van der Waals surface area contributed by atoms with E-state index in [1.165, 1.54) is 12.1 Å². The molecule has 0 heterocycles. The van der Waals surface area contributed by atoms with Crippen molar-refractivity contribution in [1.29, 1.82) is 0 Å². The van der Waals surface area contributed by atoms with Gasteiger partial charge < -0.3 is 9.47 Å². The fraction of sp³-hybridized carbons (Fsp3) is 0.0286. The maximum atomic E-state index is 13.4. The van der Waals surface area contributed by atoms with Gasteiger partial charge in [-0.05, 0) is 45.8 Å². The fourth-order valence-electron chi connectivity index (χ4n) is 5.59. The summed E-state index contributed by atoms with van der Waals surface area (Å²) in [7, 11) is 0. The SMILES string of the molecule is O=C(Oc1ccc2ccccc2c1Cc1c(OC(=O)c2ccc([N+](=O)[O-])cc2[N+](=O)[O-])ccc2ccccc12)c1ccc([N+](=O)[O-])cc1[N+](=O)[O-]. The average Bonchev–Trinajstić information content (AvgIpc) is 3.12. The van der Waals surface area contributed by atoms with Crippen LogP contribution in [0.4, 0.5) is 22.7 Å². The minimum atomic E-state index is -1.16. The summed E-state index contributed by atoms with van der Waals surface area (Å²) in [5.41, 5.74) is -3.14. The van der Waals surface area contributed by atoms with Crippen molar-refractivity contribution < 1.29 is 38.8 Å². The Morgan fingerprint density at radius 1 is 0.490 bits per heavy atom. The van der Waals surface area contributed by atoms with Gasteiger partial charge in [-0.1, -0.05) is 60.7 Å². The summed E-state index contributed by atoms with van der Waals surface area (Å²) in [6.07, 6.45) is -0.0708. The van der Waals surface area contributed by atoms with Crippen molar-refractivity contribution in [3.8, 4) is 11.5 Å². The quantitative estimate of drug-likeness (QED) is 0.0585. The molecule has 0 spiro atoms. The molecule has 0 bridgehead atoms. The van der Waals surface area contributed by atoms with Crippen LogP contribution in [-0.2, 0) is 6.42 Å². The molecule has 6 rings (SSSR count). The number of carbonyl (C=O) groups is 2. The molecule has 16 nitrogen and oxygen atoms in total. The van der Waals surface area contributed by atoms with E-state index in [9.17, 15) is 50.0 Å². The Balaban J connectivity index is 1.46. The zero-order valence-corrected chi connectivity index (χ0v) is 25.8. The molecule has 0 fully saturated rings. The lowest BCUT2D eigenvalue weighted by molar-refractivity contribution is -0.394. The Kier molecular flexibility index (Phi) is 8.80. The summed E-state index contributed by atoms with van der Waals surface area (Å²) in [5.74, 6) is -2.38. The van der Waals surface area contributed by atoms with Gasteiger partial charge in [-0.3, -0.25) is 40.5 Å². The smallest absolute Gasteiger partial charge is 0.350 e. The third-order valence-corrected chi connectivity index (χ3v) is 7.97. The first kappa shape index (κ1) is 33.3. The molecule has 6 aromatic carbocycles. The molecule has 0 aliphatic carbocycles. The van der Waals surface area contributed by atoms with Crippen molar-refractivity contribution >= 4 is 56.2 Å². The standard InChI is InChI=1S/C35H20N4O12/c40-34(26-13-11-22(36(42)43)17-30(26)38(46)47)50-32-15-9-20-5-1-3-7-24(20)28(32)19-29-25-8-4-2-6-21(25)10-16-33(29)51-35(41)27-14-12-23(37(44)45)18-31(27)39(48)49/h1-18H,19H2. The van der Waals surface area contributed by atoms with E-state index in [1.54, 1.807) is 60.7 Å². The highest BCUT2D eigenvalue weighted by atomic mass is 16.6. The Hall–Kier alpha value is -7.62. The molecule has 0 aliphatic heterocycles. The van der Waals surface area contributed by atoms with Gasteiger partial charge in [0.2, 0.25) is 0 Å². The molecule has 16 heteroatoms. The van der Waals surface area contributed by atoms with Gasteiger partial charge in [-0.25, -0.2) is 9.59 Å². The Labute approximate surface area is 284 Å². The number of nitro groups is 4. The molecule has 0 saturated heterocycles. The number of hydrogen-bond acceptors (Lipinski definition) is 12. The van der Waals surface area contributed by atoms with Crippen LogP contribution in [0.5, 0.6) is 11.5 Å². The first-order valence-electron chi connectivity index (χ1n) is 14.7. The summed E-state index contributed by atoms with van der Waals surface area (Å²) in [6.45, 7) is 0. The van der Waals surface area contributed by atoms with Crippen LogP contribution in [0.3, 0.4) is 0 Å². The largest absolute Gasteiger partial charge is 0.422 e. The van der Waals surface area contributed by atoms with Gasteiger partial charge in [0.05, 0.1) is 31.8 Å². The molecule has 0 radical (unpaired) electrons. The number of non-ortho nitro benzene ring substituents is 2. The van der Waals surface area contributed by atoms with Crippen LogP contribution >= 0.6 is 0 Å². The van der Waals surface area contributed by atoms with Gasteiger partial charge in [0.1, 0.15) is 22.6 Å². The molecule has 0 atom stereocenters. The predicted octanol–water partition coefficient (Wildman–Crippen LogP) is 7.66. The zero-order chi connectivity index (χ0) is 36.4. The van der Waals surface area contributed by atoms with Crippen molar-refractivity contribution in [1.82, 2.24) is 0 Å². The minimum Gasteiger partial charge on any atom is -0.422 e. The molecule has 0 amide bonds. The van der Waals surface area contributed by atoms with Crippen LogP contribution in [0.1, 0.15) is 31.8 Å². The van der Waals surface area contributed by atoms with Crippen LogP contribution in [-0.4, -0.2) is 31.6 Å². The van der Waals surface area contributed by atoms with Crippen molar-refractivity contribution in [2.75, 3.05) is 0 Å². The highest BCUT2D eigenvalue weighted by molar-refractivity contribution is 5.99. The maximum absolute atomic E-state index is 13.4. The Morgan fingerprint density at radius 3 is 1.25 bits per heavy atom. The number of nitrogens with zero attached hydrogens (tertiary/aromatic N) is 4. The van der Waals surface area contributed by atoms with E-state index >= 15 is 0 Å². The Bertz CT molecular complexity index is 2310. The Morgan fingerprint density at radius 2 is 0.882 bits per heavy atom. The first-order chi connectivity index (χ1) is 24.4. The number of hydrogen-bond donors (Lipinski definition) is 0. The minimum absolute atomic E-state index is 0.0254. The zero-order valence-electron chi connectivity index (χ0n) is 25.8. The number of rotatable bonds is 10. The van der Waals surface area contributed by atoms with E-state index in [4.69, 9.17) is 9.47 Å². The lowest BCUT2D eigenvalue weighted by atomic mass is 9.93. The molecular formula is C35H20N4O12. The van der Waals surface area contributed by atoms with Crippen LogP contribution < -0.4 is 9.47 Å². The molecule has 51 heavy (non-hydrogen) atoms. The van der Waals surface area contributed by atoms with Crippen molar-refractivity contribution in [3.05, 3.63) is 172 Å². The van der Waals surface area contributed by atoms with Crippen LogP contribution in [0.25, 0.3) is 21.5 Å². The second-order valence-corrected chi connectivity index (χ2v) is 10.9. The normalized spacial score (nSPS) is 10.8. The van der Waals surface area contributed by atoms with Gasteiger partial charge in [-0.2, -0.15) is 0 Å². The number of fused-ring (bicyclic) bond motifs is 2. The summed E-state index contributed by atoms with van der Waals surface area (Å²) in [4.78, 5) is 69.3. The number of esters is 2. The molecule has 252 valence electrons. The monoisotopic (exact) mass is 688 g/mol. The third kappa shape index (κ3) is 6.59. The fourth-order valence-corrected chi connectivity index (χ4v) is 5.59. The summed E-state index contributed by atoms with van der Waals surface area (Å²) >= 11 is 0. The first-order valence-corrected chi connectivity index (χ1v) is 14.7. The molecule has 0 saturated carbocycles. The molecule has 0 aliphatic rings. The molecule has 0 unspecified atom stereocenters. The van der Waals surface area contributed by atoms with Crippen LogP contribution in [0.15, 0.2) is 109 Å². The average molecular weight is 689 g/mol. The summed E-state index contributed by atoms with van der Waals surface area (Å²) < 4.78 is 11.5. The van der Waals surface area contributed by atoms with E-state index < -0.39 is 65.5 Å². The van der Waals surface area contributed by atoms with E-state index in [0.29, 0.717) is 44.8 Å². The number of ether oxygens (including phenoxy) is 2. The molecule has 0 N–H and O–H groups in total. The number of nitro benzene ring substituents is 4. The third-order valence-electron chi connectivity index (χ3n) is 7.97. The van der Waals surface area contributed by atoms with Crippen LogP contribution in [0.2, 0.25) is 0 Å². The van der Waals surface area contributed by atoms with Gasteiger partial charge in [-0.15, -0.1) is 0 Å². The predicted molar refractivity (Wildman–Crippen MR) is 180 cm³/mol. The van der Waals surface area contributed by atoms with Crippen LogP contribution in [0, 0.1) is 40.5 Å². The lowest BCUT2D eigenvalue weighted by Gasteiger charge is -2.17. The van der Waals surface area contributed by atoms with Crippen molar-refractivity contribution in [2.45, 2.75) is 6.42 Å². The molecule has 6 aromatic rings. The molecular weight excluding hydrogens is 668 g/mol. The number of benzene rings is 6. The second kappa shape index (κ2) is 13.5. The van der Waals surface area contributed by atoms with Gasteiger partial charge in [0.25, 0.3) is 22.7 Å². The van der Waals surface area contributed by atoms with E-state index in [-0.39, 0.29) is 17.9 Å². The van der Waals surface area contributed by atoms with Crippen molar-refractivity contribution in [2.24, 2.45) is 0 Å². The van der Waals surface area contributed by atoms with Gasteiger partial charge in [0.15, 0.2) is 0 Å². The highest BCUT2D eigenvalue weighted by Gasteiger charge is 2.29. The van der Waals surface area contributed by atoms with Gasteiger partial charge >= 0.3 is 11.9 Å². The topological polar surface area (TPSA) is 225 Å². The van der Waals surface area contributed by atoms with E-state index in [1.807, 2.05) is 0 Å². The van der Waals surface area contributed by atoms with Gasteiger partial charge in [0, 0.05) is 29.7 Å². The lowest BCUT2D eigenvalue weighted by Crippen LogP contribution is -2.14. The van der Waals surface area contributed by atoms with Crippen molar-refractivity contribution in [3.63, 3.8) is 0 Å². The second-order valence-electron chi connectivity index (χ2n) is 10.9. The highest BCUT2D eigenvalue weighted by Crippen LogP contribution is 2.38. The maximum Gasteiger partial charge on any atom is 0.350 e.